The lowest BCUT2D eigenvalue weighted by Gasteiger charge is -2.23. The zero-order valence-electron chi connectivity index (χ0n) is 18.7. The molecule has 0 fully saturated rings. The van der Waals surface area contributed by atoms with Crippen LogP contribution in [-0.4, -0.2) is 24.8 Å². The van der Waals surface area contributed by atoms with Crippen molar-refractivity contribution in [1.29, 1.82) is 0 Å². The van der Waals surface area contributed by atoms with E-state index in [9.17, 15) is 14.4 Å². The quantitative estimate of drug-likeness (QED) is 0.323. The van der Waals surface area contributed by atoms with E-state index in [0.29, 0.717) is 38.5 Å². The standard InChI is InChI=1S/C27H20BrN3O4/c1-35-22-8-4-7-20(28)25(22)27(34)29-17-10-12-18(13-11-17)31-21-14-9-16-5-2-3-6-19(16)26(21)30-23(32)15-24(31)33/h2-14H,15H2,1H3,(H,29,34)(H,30,32). The first-order valence-corrected chi connectivity index (χ1v) is 11.6. The molecule has 174 valence electrons. The lowest BCUT2D eigenvalue weighted by atomic mass is 10.1. The number of carbonyl (C=O) groups excluding carboxylic acids is 3. The summed E-state index contributed by atoms with van der Waals surface area (Å²) in [5.41, 5.74) is 2.70. The van der Waals surface area contributed by atoms with Crippen molar-refractivity contribution in [1.82, 2.24) is 0 Å². The number of methoxy groups -OCH3 is 1. The lowest BCUT2D eigenvalue weighted by Crippen LogP contribution is -2.26. The number of amides is 3. The minimum absolute atomic E-state index is 0.274. The minimum Gasteiger partial charge on any atom is -0.496 e. The molecule has 0 saturated heterocycles. The third kappa shape index (κ3) is 4.24. The van der Waals surface area contributed by atoms with E-state index in [1.54, 1.807) is 42.5 Å². The summed E-state index contributed by atoms with van der Waals surface area (Å²) in [6.45, 7) is 0. The fourth-order valence-electron chi connectivity index (χ4n) is 4.18. The maximum atomic E-state index is 13.1. The van der Waals surface area contributed by atoms with Crippen molar-refractivity contribution in [2.24, 2.45) is 0 Å². The Hall–Kier alpha value is -4.17. The van der Waals surface area contributed by atoms with Gasteiger partial charge in [-0.3, -0.25) is 19.3 Å². The van der Waals surface area contributed by atoms with Gasteiger partial charge in [0.2, 0.25) is 11.8 Å². The first kappa shape index (κ1) is 22.6. The van der Waals surface area contributed by atoms with Crippen LogP contribution in [0, 0.1) is 0 Å². The van der Waals surface area contributed by atoms with E-state index in [-0.39, 0.29) is 24.1 Å². The van der Waals surface area contributed by atoms with Crippen LogP contribution in [0.3, 0.4) is 0 Å². The highest BCUT2D eigenvalue weighted by molar-refractivity contribution is 9.10. The van der Waals surface area contributed by atoms with Gasteiger partial charge < -0.3 is 15.4 Å². The van der Waals surface area contributed by atoms with Gasteiger partial charge in [-0.15, -0.1) is 0 Å². The van der Waals surface area contributed by atoms with Gasteiger partial charge in [0.25, 0.3) is 5.91 Å². The van der Waals surface area contributed by atoms with Crippen LogP contribution < -0.4 is 20.3 Å². The Balaban J connectivity index is 1.49. The number of hydrogen-bond donors (Lipinski definition) is 2. The molecular weight excluding hydrogens is 510 g/mol. The Morgan fingerprint density at radius 1 is 0.971 bits per heavy atom. The van der Waals surface area contributed by atoms with Crippen molar-refractivity contribution in [2.45, 2.75) is 6.42 Å². The van der Waals surface area contributed by atoms with Crippen LogP contribution in [0.1, 0.15) is 16.8 Å². The van der Waals surface area contributed by atoms with Crippen molar-refractivity contribution in [3.63, 3.8) is 0 Å². The van der Waals surface area contributed by atoms with E-state index in [1.807, 2.05) is 36.4 Å². The van der Waals surface area contributed by atoms with Crippen molar-refractivity contribution >= 4 is 67.2 Å². The number of rotatable bonds is 4. The smallest absolute Gasteiger partial charge is 0.260 e. The fourth-order valence-corrected chi connectivity index (χ4v) is 4.71. The minimum atomic E-state index is -0.360. The molecule has 0 saturated carbocycles. The van der Waals surface area contributed by atoms with E-state index in [2.05, 4.69) is 26.6 Å². The van der Waals surface area contributed by atoms with Crippen LogP contribution in [0.4, 0.5) is 22.7 Å². The van der Waals surface area contributed by atoms with Crippen molar-refractivity contribution < 1.29 is 19.1 Å². The second-order valence-electron chi connectivity index (χ2n) is 7.95. The van der Waals surface area contributed by atoms with Gasteiger partial charge in [-0.25, -0.2) is 0 Å². The van der Waals surface area contributed by atoms with Crippen molar-refractivity contribution in [3.05, 3.63) is 88.9 Å². The molecule has 0 spiro atoms. The maximum Gasteiger partial charge on any atom is 0.260 e. The topological polar surface area (TPSA) is 87.7 Å². The summed E-state index contributed by atoms with van der Waals surface area (Å²) < 4.78 is 5.92. The predicted molar refractivity (Wildman–Crippen MR) is 139 cm³/mol. The summed E-state index contributed by atoms with van der Waals surface area (Å²) in [5.74, 6) is -0.586. The van der Waals surface area contributed by atoms with Crippen LogP contribution >= 0.6 is 15.9 Å². The average Bonchev–Trinajstić information content (AvgIpc) is 2.98. The Bertz CT molecular complexity index is 1480. The molecule has 0 radical (unpaired) electrons. The number of hydrogen-bond acceptors (Lipinski definition) is 4. The molecule has 8 heteroatoms. The normalized spacial score (nSPS) is 13.1. The molecule has 1 aliphatic heterocycles. The largest absolute Gasteiger partial charge is 0.496 e. The maximum absolute atomic E-state index is 13.1. The Morgan fingerprint density at radius 2 is 1.74 bits per heavy atom. The van der Waals surface area contributed by atoms with Gasteiger partial charge in [-0.1, -0.05) is 36.4 Å². The van der Waals surface area contributed by atoms with Crippen molar-refractivity contribution in [2.75, 3.05) is 22.6 Å². The van der Waals surface area contributed by atoms with Crippen LogP contribution in [0.2, 0.25) is 0 Å². The molecule has 1 heterocycles. The number of nitrogens with one attached hydrogen (secondary N) is 2. The number of ether oxygens (including phenoxy) is 1. The summed E-state index contributed by atoms with van der Waals surface area (Å²) in [4.78, 5) is 39.9. The highest BCUT2D eigenvalue weighted by atomic mass is 79.9. The number of nitrogens with zero attached hydrogens (tertiary/aromatic N) is 1. The van der Waals surface area contributed by atoms with E-state index in [4.69, 9.17) is 4.74 Å². The second-order valence-corrected chi connectivity index (χ2v) is 8.81. The van der Waals surface area contributed by atoms with Gasteiger partial charge >= 0.3 is 0 Å². The van der Waals surface area contributed by atoms with Gasteiger partial charge in [0.05, 0.1) is 24.0 Å². The van der Waals surface area contributed by atoms with E-state index in [0.717, 1.165) is 10.8 Å². The number of carbonyl (C=O) groups is 3. The average molecular weight is 530 g/mol. The molecule has 7 nitrogen and oxygen atoms in total. The van der Waals surface area contributed by atoms with Crippen LogP contribution in [-0.2, 0) is 9.59 Å². The first-order valence-electron chi connectivity index (χ1n) is 10.8. The summed E-state index contributed by atoms with van der Waals surface area (Å²) >= 11 is 3.40. The Kier molecular flexibility index (Phi) is 5.96. The summed E-state index contributed by atoms with van der Waals surface area (Å²) in [6, 6.07) is 23.6. The molecule has 5 rings (SSSR count). The molecule has 0 bridgehead atoms. The van der Waals surface area contributed by atoms with E-state index in [1.165, 1.54) is 12.0 Å². The molecule has 4 aromatic rings. The van der Waals surface area contributed by atoms with E-state index < -0.39 is 0 Å². The monoisotopic (exact) mass is 529 g/mol. The molecule has 0 atom stereocenters. The molecule has 4 aromatic carbocycles. The fraction of sp³-hybridized carbons (Fsp3) is 0.0741. The first-order chi connectivity index (χ1) is 17.0. The van der Waals surface area contributed by atoms with Gasteiger partial charge in [0.1, 0.15) is 12.2 Å². The van der Waals surface area contributed by atoms with Gasteiger partial charge in [-0.2, -0.15) is 0 Å². The zero-order chi connectivity index (χ0) is 24.5. The van der Waals surface area contributed by atoms with Gasteiger partial charge in [0.15, 0.2) is 0 Å². The van der Waals surface area contributed by atoms with Gasteiger partial charge in [0, 0.05) is 21.2 Å². The summed E-state index contributed by atoms with van der Waals surface area (Å²) in [7, 11) is 1.51. The van der Waals surface area contributed by atoms with Crippen LogP contribution in [0.5, 0.6) is 5.75 Å². The number of anilines is 4. The zero-order valence-corrected chi connectivity index (χ0v) is 20.3. The lowest BCUT2D eigenvalue weighted by molar-refractivity contribution is -0.124. The van der Waals surface area contributed by atoms with Crippen LogP contribution in [0.15, 0.2) is 83.3 Å². The number of halogens is 1. The molecule has 2 N–H and O–H groups in total. The third-order valence-electron chi connectivity index (χ3n) is 5.78. The van der Waals surface area contributed by atoms with E-state index >= 15 is 0 Å². The summed E-state index contributed by atoms with van der Waals surface area (Å²) in [6.07, 6.45) is -0.274. The predicted octanol–water partition coefficient (Wildman–Crippen LogP) is 5.87. The highest BCUT2D eigenvalue weighted by Gasteiger charge is 2.28. The van der Waals surface area contributed by atoms with Gasteiger partial charge in [-0.05, 0) is 63.8 Å². The highest BCUT2D eigenvalue weighted by Crippen LogP contribution is 2.40. The Labute approximate surface area is 209 Å². The second kappa shape index (κ2) is 9.23. The molecule has 0 aliphatic carbocycles. The SMILES string of the molecule is COc1cccc(Br)c1C(=O)Nc1ccc(N2C(=O)CC(=O)Nc3c2ccc2ccccc32)cc1. The molecule has 1 aliphatic rings. The number of benzene rings is 4. The number of fused-ring (bicyclic) bond motifs is 3. The third-order valence-corrected chi connectivity index (χ3v) is 6.44. The van der Waals surface area contributed by atoms with Crippen molar-refractivity contribution in [3.8, 4) is 5.75 Å². The molecule has 3 amide bonds. The Morgan fingerprint density at radius 3 is 2.51 bits per heavy atom. The molecule has 0 aromatic heterocycles. The summed E-state index contributed by atoms with van der Waals surface area (Å²) in [5, 5.41) is 7.56. The molecule has 0 unspecified atom stereocenters. The molecular formula is C27H20BrN3O4. The molecule has 35 heavy (non-hydrogen) atoms. The van der Waals surface area contributed by atoms with Crippen LogP contribution in [0.25, 0.3) is 10.8 Å².